The SMILES string of the molecule is NC(=O)N(O)C[C@@H]1C[C@H]1c1ccc(-c2ccc(F)cc2F)o1. The van der Waals surface area contributed by atoms with Crippen LogP contribution in [0.2, 0.25) is 0 Å². The first-order valence-electron chi connectivity index (χ1n) is 6.76. The Bertz CT molecular complexity index is 717. The van der Waals surface area contributed by atoms with Crippen molar-refractivity contribution in [3.63, 3.8) is 0 Å². The van der Waals surface area contributed by atoms with E-state index < -0.39 is 17.7 Å². The number of rotatable bonds is 4. The molecule has 2 aromatic rings. The van der Waals surface area contributed by atoms with Crippen molar-refractivity contribution in [2.24, 2.45) is 11.7 Å². The van der Waals surface area contributed by atoms with Crippen LogP contribution in [-0.2, 0) is 0 Å². The topological polar surface area (TPSA) is 79.7 Å². The van der Waals surface area contributed by atoms with Crippen molar-refractivity contribution >= 4 is 6.03 Å². The molecule has 3 N–H and O–H groups in total. The molecule has 7 heteroatoms. The maximum absolute atomic E-state index is 13.7. The first-order valence-corrected chi connectivity index (χ1v) is 6.76. The van der Waals surface area contributed by atoms with Crippen LogP contribution in [0.3, 0.4) is 0 Å². The van der Waals surface area contributed by atoms with Gasteiger partial charge in [-0.25, -0.2) is 18.6 Å². The molecule has 2 amide bonds. The van der Waals surface area contributed by atoms with Crippen LogP contribution in [0.4, 0.5) is 13.6 Å². The quantitative estimate of drug-likeness (QED) is 0.673. The maximum atomic E-state index is 13.7. The molecule has 1 aromatic carbocycles. The monoisotopic (exact) mass is 308 g/mol. The number of carbonyl (C=O) groups is 1. The summed E-state index contributed by atoms with van der Waals surface area (Å²) >= 11 is 0. The Labute approximate surface area is 124 Å². The lowest BCUT2D eigenvalue weighted by molar-refractivity contribution is -0.0432. The van der Waals surface area contributed by atoms with Crippen LogP contribution in [0.25, 0.3) is 11.3 Å². The van der Waals surface area contributed by atoms with Gasteiger partial charge in [-0.3, -0.25) is 5.21 Å². The standard InChI is InChI=1S/C15H14F2N2O3/c16-9-1-2-10(12(17)6-9)13-3-4-14(22-13)11-5-8(11)7-19(21)15(18)20/h1-4,6,8,11,21H,5,7H2,(H2,18,20)/t8-,11+/m0/s1. The zero-order valence-electron chi connectivity index (χ0n) is 11.5. The molecule has 0 aliphatic heterocycles. The lowest BCUT2D eigenvalue weighted by Gasteiger charge is -2.10. The fourth-order valence-electron chi connectivity index (χ4n) is 2.50. The molecule has 0 radical (unpaired) electrons. The van der Waals surface area contributed by atoms with E-state index in [0.717, 1.165) is 18.6 Å². The number of primary amides is 1. The number of amides is 2. The van der Waals surface area contributed by atoms with E-state index >= 15 is 0 Å². The van der Waals surface area contributed by atoms with Crippen LogP contribution < -0.4 is 5.73 Å². The van der Waals surface area contributed by atoms with E-state index in [-0.39, 0.29) is 23.9 Å². The summed E-state index contributed by atoms with van der Waals surface area (Å²) in [5.74, 6) is -0.287. The van der Waals surface area contributed by atoms with E-state index in [2.05, 4.69) is 0 Å². The number of benzene rings is 1. The molecule has 22 heavy (non-hydrogen) atoms. The summed E-state index contributed by atoms with van der Waals surface area (Å²) in [7, 11) is 0. The molecule has 116 valence electrons. The minimum Gasteiger partial charge on any atom is -0.461 e. The van der Waals surface area contributed by atoms with Gasteiger partial charge in [-0.15, -0.1) is 0 Å². The Kier molecular flexibility index (Phi) is 3.58. The molecule has 2 atom stereocenters. The second kappa shape index (κ2) is 5.42. The molecule has 1 fully saturated rings. The highest BCUT2D eigenvalue weighted by Crippen LogP contribution is 2.48. The first-order chi connectivity index (χ1) is 10.5. The van der Waals surface area contributed by atoms with Gasteiger partial charge < -0.3 is 10.2 Å². The number of hydrogen-bond donors (Lipinski definition) is 2. The molecular weight excluding hydrogens is 294 g/mol. The molecule has 0 bridgehead atoms. The van der Waals surface area contributed by atoms with Gasteiger partial charge in [0.25, 0.3) is 0 Å². The Balaban J connectivity index is 1.71. The van der Waals surface area contributed by atoms with Crippen molar-refractivity contribution in [2.45, 2.75) is 12.3 Å². The first kappa shape index (κ1) is 14.5. The van der Waals surface area contributed by atoms with Crippen molar-refractivity contribution < 1.29 is 23.2 Å². The summed E-state index contributed by atoms with van der Waals surface area (Å²) in [5.41, 5.74) is 5.13. The molecular formula is C15H14F2N2O3. The molecule has 1 aliphatic carbocycles. The molecule has 1 heterocycles. The van der Waals surface area contributed by atoms with Crippen LogP contribution in [0.5, 0.6) is 0 Å². The van der Waals surface area contributed by atoms with Gasteiger partial charge in [0.15, 0.2) is 0 Å². The van der Waals surface area contributed by atoms with Crippen molar-refractivity contribution in [2.75, 3.05) is 6.54 Å². The van der Waals surface area contributed by atoms with Gasteiger partial charge in [0.05, 0.1) is 12.1 Å². The average molecular weight is 308 g/mol. The summed E-state index contributed by atoms with van der Waals surface area (Å²) in [4.78, 5) is 10.8. The molecule has 5 nitrogen and oxygen atoms in total. The average Bonchev–Trinajstić information content (AvgIpc) is 3.04. The highest BCUT2D eigenvalue weighted by atomic mass is 19.1. The molecule has 1 aromatic heterocycles. The molecule has 0 unspecified atom stereocenters. The van der Waals surface area contributed by atoms with Gasteiger partial charge in [-0.2, -0.15) is 0 Å². The minimum atomic E-state index is -0.904. The van der Waals surface area contributed by atoms with Crippen molar-refractivity contribution in [1.82, 2.24) is 5.06 Å². The number of nitrogens with two attached hydrogens (primary N) is 1. The number of hydrogen-bond acceptors (Lipinski definition) is 3. The molecule has 1 saturated carbocycles. The van der Waals surface area contributed by atoms with Crippen molar-refractivity contribution in [3.05, 3.63) is 47.7 Å². The number of nitrogens with zero attached hydrogens (tertiary/aromatic N) is 1. The van der Waals surface area contributed by atoms with E-state index in [1.807, 2.05) is 0 Å². The molecule has 3 rings (SSSR count). The Morgan fingerprint density at radius 2 is 2.14 bits per heavy atom. The smallest absolute Gasteiger partial charge is 0.338 e. The van der Waals surface area contributed by atoms with Gasteiger partial charge >= 0.3 is 6.03 Å². The third-order valence-corrected chi connectivity index (χ3v) is 3.77. The second-order valence-corrected chi connectivity index (χ2v) is 5.35. The van der Waals surface area contributed by atoms with E-state index in [4.69, 9.17) is 10.2 Å². The summed E-state index contributed by atoms with van der Waals surface area (Å²) in [6.45, 7) is 0.126. The number of furan rings is 1. The van der Waals surface area contributed by atoms with Crippen molar-refractivity contribution in [3.8, 4) is 11.3 Å². The highest BCUT2D eigenvalue weighted by molar-refractivity contribution is 5.70. The maximum Gasteiger partial charge on any atom is 0.338 e. The summed E-state index contributed by atoms with van der Waals surface area (Å²) in [6, 6.07) is 5.71. The zero-order chi connectivity index (χ0) is 15.9. The molecule has 0 spiro atoms. The third-order valence-electron chi connectivity index (χ3n) is 3.77. The molecule has 0 saturated heterocycles. The normalized spacial score (nSPS) is 20.0. The number of carbonyl (C=O) groups excluding carboxylic acids is 1. The van der Waals surface area contributed by atoms with Gasteiger partial charge in [0.2, 0.25) is 0 Å². The van der Waals surface area contributed by atoms with E-state index in [1.54, 1.807) is 12.1 Å². The van der Waals surface area contributed by atoms with Crippen molar-refractivity contribution in [1.29, 1.82) is 0 Å². The van der Waals surface area contributed by atoms with Crippen LogP contribution >= 0.6 is 0 Å². The van der Waals surface area contributed by atoms with E-state index in [1.165, 1.54) is 6.07 Å². The van der Waals surface area contributed by atoms with Crippen LogP contribution in [0, 0.1) is 17.6 Å². The Morgan fingerprint density at radius 1 is 1.36 bits per heavy atom. The highest BCUT2D eigenvalue weighted by Gasteiger charge is 2.42. The summed E-state index contributed by atoms with van der Waals surface area (Å²) in [5, 5.41) is 9.76. The Morgan fingerprint density at radius 3 is 2.82 bits per heavy atom. The summed E-state index contributed by atoms with van der Waals surface area (Å²) < 4.78 is 32.2. The lowest BCUT2D eigenvalue weighted by atomic mass is 10.1. The van der Waals surface area contributed by atoms with Gasteiger partial charge in [0, 0.05) is 12.0 Å². The van der Waals surface area contributed by atoms with Crippen LogP contribution in [0.15, 0.2) is 34.7 Å². The third kappa shape index (κ3) is 2.80. The fourth-order valence-corrected chi connectivity index (χ4v) is 2.50. The second-order valence-electron chi connectivity index (χ2n) is 5.35. The van der Waals surface area contributed by atoms with Gasteiger partial charge in [-0.1, -0.05) is 0 Å². The van der Waals surface area contributed by atoms with Gasteiger partial charge in [0.1, 0.15) is 23.2 Å². The zero-order valence-corrected chi connectivity index (χ0v) is 11.5. The predicted octanol–water partition coefficient (Wildman–Crippen LogP) is 3.10. The number of urea groups is 1. The van der Waals surface area contributed by atoms with E-state index in [9.17, 15) is 18.8 Å². The van der Waals surface area contributed by atoms with Gasteiger partial charge in [-0.05, 0) is 36.6 Å². The predicted molar refractivity (Wildman–Crippen MR) is 73.0 cm³/mol. The minimum absolute atomic E-state index is 0.0475. The number of halogens is 2. The van der Waals surface area contributed by atoms with Crippen LogP contribution in [0.1, 0.15) is 18.1 Å². The largest absolute Gasteiger partial charge is 0.461 e. The number of hydroxylamine groups is 2. The summed E-state index contributed by atoms with van der Waals surface area (Å²) in [6.07, 6.45) is 0.739. The van der Waals surface area contributed by atoms with Crippen LogP contribution in [-0.4, -0.2) is 22.8 Å². The Hall–Kier alpha value is -2.41. The van der Waals surface area contributed by atoms with E-state index in [0.29, 0.717) is 16.6 Å². The molecule has 1 aliphatic rings. The fraction of sp³-hybridized carbons (Fsp3) is 0.267. The lowest BCUT2D eigenvalue weighted by Crippen LogP contribution is -2.34.